The maximum absolute atomic E-state index is 12.0. The summed E-state index contributed by atoms with van der Waals surface area (Å²) < 4.78 is 1.46. The van der Waals surface area contributed by atoms with Gasteiger partial charge in [-0.3, -0.25) is 14.2 Å². The van der Waals surface area contributed by atoms with Crippen LogP contribution in [0.5, 0.6) is 0 Å². The predicted molar refractivity (Wildman–Crippen MR) is 75.0 cm³/mol. The minimum absolute atomic E-state index is 0.215. The van der Waals surface area contributed by atoms with Crippen molar-refractivity contribution in [2.24, 2.45) is 5.73 Å². The molecule has 0 unspecified atom stereocenters. The second-order valence-electron chi connectivity index (χ2n) is 4.30. The first-order valence-electron chi connectivity index (χ1n) is 5.71. The molecule has 1 heterocycles. The summed E-state index contributed by atoms with van der Waals surface area (Å²) in [6, 6.07) is 7.99. The van der Waals surface area contributed by atoms with Crippen LogP contribution in [0.3, 0.4) is 0 Å². The summed E-state index contributed by atoms with van der Waals surface area (Å²) in [4.78, 5) is 23.4. The maximum Gasteiger partial charge on any atom is 0.255 e. The zero-order valence-electron chi connectivity index (χ0n) is 10.6. The second kappa shape index (κ2) is 4.90. The van der Waals surface area contributed by atoms with Crippen LogP contribution >= 0.6 is 11.6 Å². The van der Waals surface area contributed by atoms with Gasteiger partial charge in [-0.25, -0.2) is 0 Å². The van der Waals surface area contributed by atoms with Crippen molar-refractivity contribution in [3.63, 3.8) is 0 Å². The number of benzene rings is 1. The molecule has 5 heteroatoms. The summed E-state index contributed by atoms with van der Waals surface area (Å²) in [6.07, 6.45) is 0. The van der Waals surface area contributed by atoms with Crippen LogP contribution < -0.4 is 11.3 Å². The van der Waals surface area contributed by atoms with Gasteiger partial charge in [-0.2, -0.15) is 0 Å². The molecule has 2 aromatic rings. The van der Waals surface area contributed by atoms with Crippen LogP contribution in [0.2, 0.25) is 5.02 Å². The Morgan fingerprint density at radius 1 is 1.21 bits per heavy atom. The molecule has 4 nitrogen and oxygen atoms in total. The molecule has 2 N–H and O–H groups in total. The number of carbonyl (C=O) groups excluding carboxylic acids is 1. The molecule has 1 aromatic carbocycles. The first kappa shape index (κ1) is 13.4. The van der Waals surface area contributed by atoms with Gasteiger partial charge in [0, 0.05) is 16.8 Å². The van der Waals surface area contributed by atoms with Crippen molar-refractivity contribution in [3.05, 3.63) is 62.5 Å². The van der Waals surface area contributed by atoms with Gasteiger partial charge < -0.3 is 5.73 Å². The number of aryl methyl sites for hydroxylation is 1. The summed E-state index contributed by atoms with van der Waals surface area (Å²) in [7, 11) is 0. The molecule has 1 amide bonds. The molecule has 0 fully saturated rings. The highest BCUT2D eigenvalue weighted by Gasteiger charge is 2.13. The van der Waals surface area contributed by atoms with Gasteiger partial charge in [0.05, 0.1) is 11.3 Å². The molecule has 98 valence electrons. The number of amides is 1. The van der Waals surface area contributed by atoms with Crippen LogP contribution in [0.1, 0.15) is 21.6 Å². The number of pyridine rings is 1. The van der Waals surface area contributed by atoms with Crippen molar-refractivity contribution in [1.29, 1.82) is 0 Å². The Balaban J connectivity index is 2.78. The lowest BCUT2D eigenvalue weighted by atomic mass is 10.1. The third-order valence-electron chi connectivity index (χ3n) is 3.00. The predicted octanol–water partition coefficient (Wildman–Crippen LogP) is 2.21. The van der Waals surface area contributed by atoms with E-state index in [1.54, 1.807) is 25.1 Å². The highest BCUT2D eigenvalue weighted by Crippen LogP contribution is 2.20. The summed E-state index contributed by atoms with van der Waals surface area (Å²) in [6.45, 7) is 3.54. The minimum Gasteiger partial charge on any atom is -0.366 e. The molecule has 1 aromatic heterocycles. The Labute approximate surface area is 115 Å². The normalized spacial score (nSPS) is 10.5. The second-order valence-corrected chi connectivity index (χ2v) is 4.74. The molecular weight excluding hydrogens is 264 g/mol. The van der Waals surface area contributed by atoms with E-state index in [1.165, 1.54) is 16.7 Å². The van der Waals surface area contributed by atoms with Gasteiger partial charge in [-0.1, -0.05) is 11.6 Å². The summed E-state index contributed by atoms with van der Waals surface area (Å²) in [5.41, 5.74) is 7.47. The summed E-state index contributed by atoms with van der Waals surface area (Å²) >= 11 is 5.90. The largest absolute Gasteiger partial charge is 0.366 e. The summed E-state index contributed by atoms with van der Waals surface area (Å²) in [5, 5.41) is 0.595. The number of carbonyl (C=O) groups is 1. The highest BCUT2D eigenvalue weighted by molar-refractivity contribution is 6.30. The van der Waals surface area contributed by atoms with Gasteiger partial charge >= 0.3 is 0 Å². The molecule has 0 bridgehead atoms. The highest BCUT2D eigenvalue weighted by atomic mass is 35.5. The number of primary amides is 1. The third kappa shape index (κ3) is 2.39. The van der Waals surface area contributed by atoms with Crippen LogP contribution in [-0.4, -0.2) is 10.5 Å². The van der Waals surface area contributed by atoms with E-state index in [4.69, 9.17) is 17.3 Å². The summed E-state index contributed by atoms with van der Waals surface area (Å²) in [5.74, 6) is -0.558. The monoisotopic (exact) mass is 276 g/mol. The minimum atomic E-state index is -0.558. The molecule has 0 radical (unpaired) electrons. The molecule has 0 aliphatic carbocycles. The fraction of sp³-hybridized carbons (Fsp3) is 0.143. The number of nitrogens with zero attached hydrogens (tertiary/aromatic N) is 1. The zero-order chi connectivity index (χ0) is 14.2. The van der Waals surface area contributed by atoms with Crippen molar-refractivity contribution in [2.45, 2.75) is 13.8 Å². The Kier molecular flexibility index (Phi) is 3.44. The first-order chi connectivity index (χ1) is 8.91. The van der Waals surface area contributed by atoms with Crippen LogP contribution in [-0.2, 0) is 0 Å². The van der Waals surface area contributed by atoms with Gasteiger partial charge in [0.2, 0.25) is 5.91 Å². The number of halogens is 1. The van der Waals surface area contributed by atoms with Crippen LogP contribution in [0.15, 0.2) is 35.1 Å². The number of rotatable bonds is 2. The molecule has 0 atom stereocenters. The van der Waals surface area contributed by atoms with Crippen molar-refractivity contribution >= 4 is 17.5 Å². The third-order valence-corrected chi connectivity index (χ3v) is 3.24. The number of nitrogens with two attached hydrogens (primary N) is 1. The van der Waals surface area contributed by atoms with E-state index in [1.807, 2.05) is 6.92 Å². The Bertz CT molecular complexity index is 720. The van der Waals surface area contributed by atoms with E-state index >= 15 is 0 Å². The average molecular weight is 277 g/mol. The Morgan fingerprint density at radius 2 is 1.89 bits per heavy atom. The van der Waals surface area contributed by atoms with Gasteiger partial charge in [0.25, 0.3) is 5.56 Å². The van der Waals surface area contributed by atoms with Gasteiger partial charge in [0.1, 0.15) is 0 Å². The van der Waals surface area contributed by atoms with E-state index < -0.39 is 5.91 Å². The Hall–Kier alpha value is -2.07. The molecule has 19 heavy (non-hydrogen) atoms. The molecule has 0 aliphatic rings. The zero-order valence-corrected chi connectivity index (χ0v) is 11.4. The van der Waals surface area contributed by atoms with Gasteiger partial charge in [-0.15, -0.1) is 0 Å². The van der Waals surface area contributed by atoms with E-state index in [9.17, 15) is 9.59 Å². The number of hydrogen-bond donors (Lipinski definition) is 1. The number of hydrogen-bond acceptors (Lipinski definition) is 2. The lowest BCUT2D eigenvalue weighted by Crippen LogP contribution is -2.25. The molecule has 0 aliphatic heterocycles. The fourth-order valence-corrected chi connectivity index (χ4v) is 2.29. The Morgan fingerprint density at radius 3 is 2.47 bits per heavy atom. The quantitative estimate of drug-likeness (QED) is 0.914. The molecule has 0 spiro atoms. The van der Waals surface area contributed by atoms with E-state index in [0.717, 1.165) is 5.56 Å². The van der Waals surface area contributed by atoms with E-state index in [0.29, 0.717) is 22.0 Å². The van der Waals surface area contributed by atoms with Crippen molar-refractivity contribution < 1.29 is 4.79 Å². The van der Waals surface area contributed by atoms with Crippen molar-refractivity contribution in [1.82, 2.24) is 4.57 Å². The standard InChI is InChI=1S/C14H13ClN2O2/c1-8-7-10(15)3-5-12(8)17-9(2)11(14(16)19)4-6-13(17)18/h3-7H,1-2H3,(H2,16,19). The first-order valence-corrected chi connectivity index (χ1v) is 6.08. The smallest absolute Gasteiger partial charge is 0.255 e. The maximum atomic E-state index is 12.0. The lowest BCUT2D eigenvalue weighted by Gasteiger charge is -2.14. The van der Waals surface area contributed by atoms with E-state index in [2.05, 4.69) is 0 Å². The van der Waals surface area contributed by atoms with Gasteiger partial charge in [-0.05, 0) is 43.7 Å². The van der Waals surface area contributed by atoms with Crippen LogP contribution in [0.4, 0.5) is 0 Å². The van der Waals surface area contributed by atoms with Crippen molar-refractivity contribution in [3.8, 4) is 5.69 Å². The van der Waals surface area contributed by atoms with Crippen LogP contribution in [0, 0.1) is 13.8 Å². The average Bonchev–Trinajstić information content (AvgIpc) is 2.31. The molecule has 0 saturated carbocycles. The fourth-order valence-electron chi connectivity index (χ4n) is 2.07. The molecule has 0 saturated heterocycles. The number of aromatic nitrogens is 1. The topological polar surface area (TPSA) is 65.1 Å². The van der Waals surface area contributed by atoms with Crippen LogP contribution in [0.25, 0.3) is 5.69 Å². The van der Waals surface area contributed by atoms with Crippen molar-refractivity contribution in [2.75, 3.05) is 0 Å². The molecular formula is C14H13ClN2O2. The molecule has 2 rings (SSSR count). The lowest BCUT2D eigenvalue weighted by molar-refractivity contribution is 0.0999. The van der Waals surface area contributed by atoms with Gasteiger partial charge in [0.15, 0.2) is 0 Å². The van der Waals surface area contributed by atoms with E-state index in [-0.39, 0.29) is 5.56 Å². The SMILES string of the molecule is Cc1cc(Cl)ccc1-n1c(C)c(C(N)=O)ccc1=O.